The summed E-state index contributed by atoms with van der Waals surface area (Å²) in [5.41, 5.74) is 0.624. The van der Waals surface area contributed by atoms with Gasteiger partial charge in [0.2, 0.25) is 0 Å². The first kappa shape index (κ1) is 16.4. The van der Waals surface area contributed by atoms with E-state index in [2.05, 4.69) is 48.5 Å². The first-order valence-corrected chi connectivity index (χ1v) is 9.24. The lowest BCUT2D eigenvalue weighted by Gasteiger charge is -2.35. The van der Waals surface area contributed by atoms with Gasteiger partial charge in [0.05, 0.1) is 0 Å². The quantitative estimate of drug-likeness (QED) is 0.481. The third-order valence-electron chi connectivity index (χ3n) is 6.51. The molecule has 0 heteroatoms. The number of hydrogen-bond acceptors (Lipinski definition) is 0. The summed E-state index contributed by atoms with van der Waals surface area (Å²) in [5.74, 6) is 6.81. The van der Waals surface area contributed by atoms with Crippen molar-refractivity contribution in [1.29, 1.82) is 0 Å². The maximum Gasteiger partial charge on any atom is -0.0292 e. The Labute approximate surface area is 128 Å². The Morgan fingerprint density at radius 3 is 1.90 bits per heavy atom. The fourth-order valence-corrected chi connectivity index (χ4v) is 5.15. The first-order chi connectivity index (χ1) is 9.24. The summed E-state index contributed by atoms with van der Waals surface area (Å²) in [6.07, 6.45) is 7.40. The highest BCUT2D eigenvalue weighted by atomic mass is 14.5. The van der Waals surface area contributed by atoms with Crippen LogP contribution in [0.4, 0.5) is 0 Å². The molecule has 0 bridgehead atoms. The minimum absolute atomic E-state index is 0.624. The summed E-state index contributed by atoms with van der Waals surface area (Å²) in [6.45, 7) is 17.3. The van der Waals surface area contributed by atoms with E-state index in [0.29, 0.717) is 5.41 Å². The van der Waals surface area contributed by atoms with Crippen molar-refractivity contribution in [1.82, 2.24) is 0 Å². The van der Waals surface area contributed by atoms with Gasteiger partial charge in [0.15, 0.2) is 0 Å². The van der Waals surface area contributed by atoms with E-state index >= 15 is 0 Å². The Kier molecular flexibility index (Phi) is 4.92. The lowest BCUT2D eigenvalue weighted by Crippen LogP contribution is -2.25. The largest absolute Gasteiger partial charge is 0.0628 e. The van der Waals surface area contributed by atoms with Crippen LogP contribution in [-0.2, 0) is 0 Å². The zero-order valence-electron chi connectivity index (χ0n) is 15.1. The van der Waals surface area contributed by atoms with E-state index in [1.807, 2.05) is 0 Å². The van der Waals surface area contributed by atoms with Crippen molar-refractivity contribution in [2.24, 2.45) is 46.8 Å². The molecule has 2 rings (SSSR count). The molecule has 0 saturated heterocycles. The van der Waals surface area contributed by atoms with Crippen LogP contribution in [0.2, 0.25) is 0 Å². The predicted molar refractivity (Wildman–Crippen MR) is 89.7 cm³/mol. The van der Waals surface area contributed by atoms with Crippen LogP contribution in [0.15, 0.2) is 0 Å². The Bertz CT molecular complexity index is 316. The number of hydrogen-bond donors (Lipinski definition) is 0. The SMILES string of the molecule is CC(C)CC(C)(CCC(C(C)C)C1CC1C)C1CC1C. The van der Waals surface area contributed by atoms with E-state index in [-0.39, 0.29) is 0 Å². The molecule has 6 unspecified atom stereocenters. The molecule has 2 aliphatic carbocycles. The Balaban J connectivity index is 1.93. The molecule has 0 nitrogen and oxygen atoms in total. The second-order valence-electron chi connectivity index (χ2n) is 9.39. The molecule has 6 atom stereocenters. The van der Waals surface area contributed by atoms with Crippen LogP contribution in [-0.4, -0.2) is 0 Å². The van der Waals surface area contributed by atoms with Gasteiger partial charge >= 0.3 is 0 Å². The highest BCUT2D eigenvalue weighted by molar-refractivity contribution is 4.98. The Hall–Kier alpha value is 0. The minimum atomic E-state index is 0.624. The van der Waals surface area contributed by atoms with Crippen molar-refractivity contribution in [3.05, 3.63) is 0 Å². The van der Waals surface area contributed by atoms with Gasteiger partial charge in [-0.25, -0.2) is 0 Å². The Morgan fingerprint density at radius 1 is 1.00 bits per heavy atom. The van der Waals surface area contributed by atoms with Crippen molar-refractivity contribution in [2.45, 2.75) is 80.6 Å². The van der Waals surface area contributed by atoms with Crippen molar-refractivity contribution in [3.63, 3.8) is 0 Å². The fourth-order valence-electron chi connectivity index (χ4n) is 5.15. The molecule has 0 aromatic rings. The molecule has 0 amide bonds. The van der Waals surface area contributed by atoms with Gasteiger partial charge in [-0.2, -0.15) is 0 Å². The molecule has 0 aromatic heterocycles. The van der Waals surface area contributed by atoms with Gasteiger partial charge in [-0.05, 0) is 78.9 Å². The lowest BCUT2D eigenvalue weighted by atomic mass is 9.71. The van der Waals surface area contributed by atoms with Crippen LogP contribution in [0.5, 0.6) is 0 Å². The molecule has 2 saturated carbocycles. The van der Waals surface area contributed by atoms with Crippen LogP contribution in [0, 0.1) is 46.8 Å². The van der Waals surface area contributed by atoms with E-state index in [0.717, 1.165) is 41.4 Å². The number of rotatable bonds is 8. The van der Waals surface area contributed by atoms with Gasteiger partial charge < -0.3 is 0 Å². The molecule has 2 aliphatic rings. The second kappa shape index (κ2) is 6.01. The van der Waals surface area contributed by atoms with Gasteiger partial charge in [-0.15, -0.1) is 0 Å². The van der Waals surface area contributed by atoms with E-state index in [1.165, 1.54) is 32.1 Å². The Morgan fingerprint density at radius 2 is 1.55 bits per heavy atom. The summed E-state index contributed by atoms with van der Waals surface area (Å²) in [5, 5.41) is 0. The third kappa shape index (κ3) is 3.80. The molecule has 0 aromatic carbocycles. The summed E-state index contributed by atoms with van der Waals surface area (Å²) in [7, 11) is 0. The molecule has 2 fully saturated rings. The highest BCUT2D eigenvalue weighted by Gasteiger charge is 2.48. The van der Waals surface area contributed by atoms with E-state index in [9.17, 15) is 0 Å². The average molecular weight is 279 g/mol. The molecule has 0 spiro atoms. The maximum atomic E-state index is 2.61. The monoisotopic (exact) mass is 278 g/mol. The van der Waals surface area contributed by atoms with E-state index < -0.39 is 0 Å². The summed E-state index contributed by atoms with van der Waals surface area (Å²) >= 11 is 0. The van der Waals surface area contributed by atoms with Gasteiger partial charge in [0, 0.05) is 0 Å². The zero-order valence-corrected chi connectivity index (χ0v) is 15.1. The molecular weight excluding hydrogens is 240 g/mol. The van der Waals surface area contributed by atoms with Crippen LogP contribution >= 0.6 is 0 Å². The van der Waals surface area contributed by atoms with Crippen LogP contribution in [0.1, 0.15) is 80.6 Å². The molecule has 20 heavy (non-hydrogen) atoms. The van der Waals surface area contributed by atoms with Crippen LogP contribution in [0.25, 0.3) is 0 Å². The minimum Gasteiger partial charge on any atom is -0.0628 e. The predicted octanol–water partition coefficient (Wildman–Crippen LogP) is 6.40. The topological polar surface area (TPSA) is 0 Å². The first-order valence-electron chi connectivity index (χ1n) is 9.24. The average Bonchev–Trinajstić information content (AvgIpc) is 3.18. The summed E-state index contributed by atoms with van der Waals surface area (Å²) in [4.78, 5) is 0. The maximum absolute atomic E-state index is 2.61. The lowest BCUT2D eigenvalue weighted by molar-refractivity contribution is 0.155. The van der Waals surface area contributed by atoms with Crippen LogP contribution < -0.4 is 0 Å². The normalized spacial score (nSPS) is 37.0. The van der Waals surface area contributed by atoms with E-state index in [4.69, 9.17) is 0 Å². The van der Waals surface area contributed by atoms with Gasteiger partial charge in [-0.1, -0.05) is 48.5 Å². The molecule has 0 aliphatic heterocycles. The van der Waals surface area contributed by atoms with Gasteiger partial charge in [-0.3, -0.25) is 0 Å². The van der Waals surface area contributed by atoms with Crippen molar-refractivity contribution in [3.8, 4) is 0 Å². The van der Waals surface area contributed by atoms with E-state index in [1.54, 1.807) is 0 Å². The molecule has 118 valence electrons. The van der Waals surface area contributed by atoms with Gasteiger partial charge in [0.25, 0.3) is 0 Å². The summed E-state index contributed by atoms with van der Waals surface area (Å²) in [6, 6.07) is 0. The summed E-state index contributed by atoms with van der Waals surface area (Å²) < 4.78 is 0. The molecule has 0 N–H and O–H groups in total. The van der Waals surface area contributed by atoms with Crippen LogP contribution in [0.3, 0.4) is 0 Å². The van der Waals surface area contributed by atoms with Crippen molar-refractivity contribution < 1.29 is 0 Å². The second-order valence-corrected chi connectivity index (χ2v) is 9.39. The highest BCUT2D eigenvalue weighted by Crippen LogP contribution is 2.57. The third-order valence-corrected chi connectivity index (χ3v) is 6.51. The molecule has 0 radical (unpaired) electrons. The van der Waals surface area contributed by atoms with Crippen molar-refractivity contribution >= 4 is 0 Å². The smallest absolute Gasteiger partial charge is 0.0292 e. The van der Waals surface area contributed by atoms with Gasteiger partial charge in [0.1, 0.15) is 0 Å². The zero-order chi connectivity index (χ0) is 15.1. The standard InChI is InChI=1S/C20H38/c1-13(2)12-20(7,19-11-16(19)6)9-8-17(14(3)4)18-10-15(18)5/h13-19H,8-12H2,1-7H3. The van der Waals surface area contributed by atoms with Crippen molar-refractivity contribution in [2.75, 3.05) is 0 Å². The molecular formula is C20H38. The molecule has 0 heterocycles. The fraction of sp³-hybridized carbons (Fsp3) is 1.00.